The van der Waals surface area contributed by atoms with Gasteiger partial charge in [-0.15, -0.1) is 0 Å². The van der Waals surface area contributed by atoms with Gasteiger partial charge in [0, 0.05) is 12.3 Å². The molecule has 0 spiro atoms. The van der Waals surface area contributed by atoms with E-state index in [2.05, 4.69) is 0 Å². The molecule has 0 aromatic rings. The Morgan fingerprint density at radius 3 is 2.50 bits per heavy atom. The molecule has 2 atom stereocenters. The monoisotopic (exact) mass is 305 g/mol. The average Bonchev–Trinajstić information content (AvgIpc) is 2.42. The van der Waals surface area contributed by atoms with Crippen LogP contribution in [0.25, 0.3) is 0 Å². The molecule has 0 rings (SSSR count). The average molecular weight is 305 g/mol. The third-order valence-corrected chi connectivity index (χ3v) is 3.95. The van der Waals surface area contributed by atoms with E-state index in [0.717, 1.165) is 24.3 Å². The van der Waals surface area contributed by atoms with E-state index in [1.54, 1.807) is 11.8 Å². The van der Waals surface area contributed by atoms with Crippen molar-refractivity contribution in [1.82, 2.24) is 4.90 Å². The van der Waals surface area contributed by atoms with Crippen LogP contribution in [0.4, 0.5) is 0 Å². The highest BCUT2D eigenvalue weighted by molar-refractivity contribution is 7.99. The summed E-state index contributed by atoms with van der Waals surface area (Å²) in [6, 6.07) is -1.49. The third-order valence-electron chi connectivity index (χ3n) is 3.08. The number of nitrogens with zero attached hydrogens (tertiary/aromatic N) is 1. The number of carbonyl (C=O) groups excluding carboxylic acids is 1. The summed E-state index contributed by atoms with van der Waals surface area (Å²) < 4.78 is 0. The van der Waals surface area contributed by atoms with E-state index >= 15 is 0 Å². The molecular formula is C13H27N3O3S. The summed E-state index contributed by atoms with van der Waals surface area (Å²) in [4.78, 5) is 24.8. The molecule has 5 N–H and O–H groups in total. The van der Waals surface area contributed by atoms with Crippen LogP contribution in [0.2, 0.25) is 0 Å². The number of carboxylic acids is 1. The Morgan fingerprint density at radius 2 is 2.00 bits per heavy atom. The van der Waals surface area contributed by atoms with Crippen LogP contribution in [-0.4, -0.2) is 58.6 Å². The molecule has 0 aromatic carbocycles. The van der Waals surface area contributed by atoms with Gasteiger partial charge >= 0.3 is 5.97 Å². The molecule has 0 heterocycles. The number of thioether (sulfide) groups is 1. The van der Waals surface area contributed by atoms with Gasteiger partial charge in [0.15, 0.2) is 0 Å². The van der Waals surface area contributed by atoms with E-state index in [-0.39, 0.29) is 5.91 Å². The van der Waals surface area contributed by atoms with Crippen molar-refractivity contribution < 1.29 is 14.7 Å². The van der Waals surface area contributed by atoms with Gasteiger partial charge in [-0.3, -0.25) is 4.79 Å². The fourth-order valence-electron chi connectivity index (χ4n) is 1.78. The van der Waals surface area contributed by atoms with Crippen molar-refractivity contribution in [2.75, 3.05) is 24.6 Å². The van der Waals surface area contributed by atoms with Crippen molar-refractivity contribution in [2.45, 2.75) is 45.2 Å². The number of amides is 1. The fourth-order valence-corrected chi connectivity index (χ4v) is 2.39. The second-order valence-electron chi connectivity index (χ2n) is 4.63. The van der Waals surface area contributed by atoms with Gasteiger partial charge in [0.05, 0.1) is 6.04 Å². The summed E-state index contributed by atoms with van der Waals surface area (Å²) >= 11 is 1.67. The van der Waals surface area contributed by atoms with Gasteiger partial charge in [-0.05, 0) is 32.1 Å². The summed E-state index contributed by atoms with van der Waals surface area (Å²) in [7, 11) is 0. The lowest BCUT2D eigenvalue weighted by molar-refractivity contribution is -0.149. The van der Waals surface area contributed by atoms with Crippen LogP contribution >= 0.6 is 11.8 Å². The third kappa shape index (κ3) is 7.12. The highest BCUT2D eigenvalue weighted by Crippen LogP contribution is 2.09. The van der Waals surface area contributed by atoms with Gasteiger partial charge in [0.25, 0.3) is 0 Å². The number of rotatable bonds is 11. The lowest BCUT2D eigenvalue weighted by Crippen LogP contribution is -2.51. The maximum atomic E-state index is 12.3. The summed E-state index contributed by atoms with van der Waals surface area (Å²) in [6.45, 7) is 4.53. The Bertz CT molecular complexity index is 303. The first-order chi connectivity index (χ1) is 9.45. The van der Waals surface area contributed by atoms with Crippen LogP contribution in [0.1, 0.15) is 33.1 Å². The SMILES string of the molecule is CCSCCN(C(=O)[C@H](N)CCCCN)[C@@H](C)C(=O)O. The smallest absolute Gasteiger partial charge is 0.326 e. The highest BCUT2D eigenvalue weighted by atomic mass is 32.2. The lowest BCUT2D eigenvalue weighted by Gasteiger charge is -2.29. The van der Waals surface area contributed by atoms with Gasteiger partial charge < -0.3 is 21.5 Å². The van der Waals surface area contributed by atoms with E-state index < -0.39 is 18.1 Å². The number of hydrogen-bond donors (Lipinski definition) is 3. The predicted octanol–water partition coefficient (Wildman–Crippen LogP) is 0.498. The maximum Gasteiger partial charge on any atom is 0.326 e. The molecule has 0 fully saturated rings. The van der Waals surface area contributed by atoms with Crippen molar-refractivity contribution in [1.29, 1.82) is 0 Å². The normalized spacial score (nSPS) is 13.8. The Morgan fingerprint density at radius 1 is 1.35 bits per heavy atom. The van der Waals surface area contributed by atoms with Crippen LogP contribution in [0, 0.1) is 0 Å². The molecule has 118 valence electrons. The first kappa shape index (κ1) is 19.2. The zero-order valence-corrected chi connectivity index (χ0v) is 13.2. The van der Waals surface area contributed by atoms with Crippen molar-refractivity contribution in [3.05, 3.63) is 0 Å². The Kier molecular flexibility index (Phi) is 10.5. The molecule has 0 aliphatic heterocycles. The quantitative estimate of drug-likeness (QED) is 0.479. The second kappa shape index (κ2) is 10.9. The van der Waals surface area contributed by atoms with Crippen molar-refractivity contribution in [2.24, 2.45) is 11.5 Å². The predicted molar refractivity (Wildman–Crippen MR) is 82.7 cm³/mol. The minimum Gasteiger partial charge on any atom is -0.480 e. The van der Waals surface area contributed by atoms with Crippen LogP contribution < -0.4 is 11.5 Å². The molecule has 7 heteroatoms. The molecule has 0 unspecified atom stereocenters. The maximum absolute atomic E-state index is 12.3. The molecule has 0 aliphatic rings. The topological polar surface area (TPSA) is 110 Å². The summed E-state index contributed by atoms with van der Waals surface area (Å²) in [5.41, 5.74) is 11.3. The van der Waals surface area contributed by atoms with Crippen molar-refractivity contribution >= 4 is 23.6 Å². The molecule has 0 aromatic heterocycles. The summed E-state index contributed by atoms with van der Waals surface area (Å²) in [6.07, 6.45) is 2.14. The van der Waals surface area contributed by atoms with Crippen LogP contribution in [-0.2, 0) is 9.59 Å². The van der Waals surface area contributed by atoms with Crippen LogP contribution in [0.15, 0.2) is 0 Å². The minimum atomic E-state index is -1.01. The molecule has 20 heavy (non-hydrogen) atoms. The first-order valence-electron chi connectivity index (χ1n) is 7.02. The molecular weight excluding hydrogens is 278 g/mol. The molecule has 0 saturated heterocycles. The summed E-state index contributed by atoms with van der Waals surface area (Å²) in [5.74, 6) is 0.365. The van der Waals surface area contributed by atoms with Crippen LogP contribution in [0.5, 0.6) is 0 Å². The summed E-state index contributed by atoms with van der Waals surface area (Å²) in [5, 5.41) is 9.10. The standard InChI is InChI=1S/C13H27N3O3S/c1-3-20-9-8-16(10(2)13(18)19)12(17)11(15)6-4-5-7-14/h10-11H,3-9,14-15H2,1-2H3,(H,18,19)/t10-,11+/m0/s1. The van der Waals surface area contributed by atoms with Gasteiger partial charge in [0.2, 0.25) is 5.91 Å². The van der Waals surface area contributed by atoms with Crippen molar-refractivity contribution in [3.63, 3.8) is 0 Å². The lowest BCUT2D eigenvalue weighted by atomic mass is 10.1. The van der Waals surface area contributed by atoms with Gasteiger partial charge in [-0.25, -0.2) is 4.79 Å². The van der Waals surface area contributed by atoms with E-state index in [4.69, 9.17) is 16.6 Å². The first-order valence-corrected chi connectivity index (χ1v) is 8.17. The van der Waals surface area contributed by atoms with E-state index in [1.165, 1.54) is 11.8 Å². The molecule has 0 bridgehead atoms. The zero-order chi connectivity index (χ0) is 15.5. The van der Waals surface area contributed by atoms with Gasteiger partial charge in [-0.1, -0.05) is 13.3 Å². The number of carboxylic acid groups (broad SMARTS) is 1. The van der Waals surface area contributed by atoms with Gasteiger partial charge in [-0.2, -0.15) is 11.8 Å². The van der Waals surface area contributed by atoms with E-state index in [0.29, 0.717) is 19.5 Å². The van der Waals surface area contributed by atoms with Gasteiger partial charge in [0.1, 0.15) is 6.04 Å². The molecule has 0 radical (unpaired) electrons. The second-order valence-corrected chi connectivity index (χ2v) is 6.03. The minimum absolute atomic E-state index is 0.284. The largest absolute Gasteiger partial charge is 0.480 e. The molecule has 6 nitrogen and oxygen atoms in total. The molecule has 0 aliphatic carbocycles. The highest BCUT2D eigenvalue weighted by Gasteiger charge is 2.28. The number of aliphatic carboxylic acids is 1. The van der Waals surface area contributed by atoms with E-state index in [9.17, 15) is 9.59 Å². The van der Waals surface area contributed by atoms with Crippen LogP contribution in [0.3, 0.4) is 0 Å². The number of hydrogen-bond acceptors (Lipinski definition) is 5. The number of unbranched alkanes of at least 4 members (excludes halogenated alkanes) is 1. The number of nitrogens with two attached hydrogens (primary N) is 2. The number of carbonyl (C=O) groups is 2. The zero-order valence-electron chi connectivity index (χ0n) is 12.4. The fraction of sp³-hybridized carbons (Fsp3) is 0.846. The Balaban J connectivity index is 4.56. The Labute approximate surface area is 125 Å². The van der Waals surface area contributed by atoms with E-state index in [1.807, 2.05) is 6.92 Å². The van der Waals surface area contributed by atoms with Crippen molar-refractivity contribution in [3.8, 4) is 0 Å². The Hall–Kier alpha value is -0.790. The molecule has 0 saturated carbocycles. The molecule has 1 amide bonds.